The standard InChI is InChI=1S/C27H28FN9O3/c1-17-26(33-34-37(17)20-6-8-35(16-30)9-7-20)19-12-24-31-15-21(14-29)36(24)25(13-19)40-18(2)23-5-4-22(28)27(32-23)39-11-10-38-3/h4-5,12-13,15,18,20H,6-11H2,1-3H3. The highest BCUT2D eigenvalue weighted by atomic mass is 19.1. The highest BCUT2D eigenvalue weighted by Crippen LogP contribution is 2.33. The molecule has 5 rings (SSSR count). The van der Waals surface area contributed by atoms with E-state index in [1.54, 1.807) is 22.3 Å². The van der Waals surface area contributed by atoms with Gasteiger partial charge in [-0.15, -0.1) is 5.10 Å². The maximum atomic E-state index is 14.3. The lowest BCUT2D eigenvalue weighted by Gasteiger charge is -2.28. The molecule has 206 valence electrons. The van der Waals surface area contributed by atoms with Crippen LogP contribution in [0.3, 0.4) is 0 Å². The van der Waals surface area contributed by atoms with E-state index in [2.05, 4.69) is 32.5 Å². The number of hydrogen-bond donors (Lipinski definition) is 0. The van der Waals surface area contributed by atoms with Crippen molar-refractivity contribution in [2.45, 2.75) is 38.8 Å². The molecule has 0 bridgehead atoms. The first-order valence-electron chi connectivity index (χ1n) is 12.9. The zero-order valence-electron chi connectivity index (χ0n) is 22.4. The second-order valence-electron chi connectivity index (χ2n) is 9.44. The molecule has 5 heterocycles. The van der Waals surface area contributed by atoms with Crippen molar-refractivity contribution < 1.29 is 18.6 Å². The summed E-state index contributed by atoms with van der Waals surface area (Å²) in [5.41, 5.74) is 3.50. The molecule has 4 aromatic rings. The molecule has 0 spiro atoms. The van der Waals surface area contributed by atoms with Crippen molar-refractivity contribution in [2.75, 3.05) is 33.4 Å². The largest absolute Gasteiger partial charge is 0.473 e. The number of imidazole rings is 1. The van der Waals surface area contributed by atoms with E-state index in [0.717, 1.165) is 24.1 Å². The molecule has 0 aliphatic carbocycles. The summed E-state index contributed by atoms with van der Waals surface area (Å²) in [6.45, 7) is 5.54. The van der Waals surface area contributed by atoms with E-state index in [1.165, 1.54) is 25.4 Å². The van der Waals surface area contributed by atoms with Crippen LogP contribution in [0.4, 0.5) is 4.39 Å². The Labute approximate surface area is 230 Å². The molecule has 1 aliphatic rings. The minimum Gasteiger partial charge on any atom is -0.473 e. The van der Waals surface area contributed by atoms with Crippen molar-refractivity contribution in [1.29, 1.82) is 10.5 Å². The van der Waals surface area contributed by atoms with Crippen LogP contribution in [0.2, 0.25) is 0 Å². The van der Waals surface area contributed by atoms with Crippen LogP contribution >= 0.6 is 0 Å². The molecular formula is C27H28FN9O3. The molecule has 4 aromatic heterocycles. The number of aromatic nitrogens is 6. The number of nitriles is 2. The van der Waals surface area contributed by atoms with E-state index in [-0.39, 0.29) is 18.5 Å². The maximum absolute atomic E-state index is 14.3. The molecule has 0 aromatic carbocycles. The van der Waals surface area contributed by atoms with E-state index in [0.29, 0.717) is 48.3 Å². The van der Waals surface area contributed by atoms with Gasteiger partial charge in [0.1, 0.15) is 35.8 Å². The van der Waals surface area contributed by atoms with Gasteiger partial charge >= 0.3 is 0 Å². The summed E-state index contributed by atoms with van der Waals surface area (Å²) >= 11 is 0. The smallest absolute Gasteiger partial charge is 0.250 e. The number of fused-ring (bicyclic) bond motifs is 1. The van der Waals surface area contributed by atoms with Gasteiger partial charge in [0.2, 0.25) is 5.88 Å². The van der Waals surface area contributed by atoms with Crippen molar-refractivity contribution in [2.24, 2.45) is 0 Å². The van der Waals surface area contributed by atoms with E-state index >= 15 is 0 Å². The van der Waals surface area contributed by atoms with Gasteiger partial charge in [-0.25, -0.2) is 19.0 Å². The van der Waals surface area contributed by atoms with Gasteiger partial charge < -0.3 is 19.1 Å². The number of likely N-dealkylation sites (tertiary alicyclic amines) is 1. The van der Waals surface area contributed by atoms with Gasteiger partial charge in [-0.2, -0.15) is 10.5 Å². The molecule has 1 saturated heterocycles. The van der Waals surface area contributed by atoms with Crippen molar-refractivity contribution in [3.63, 3.8) is 0 Å². The fourth-order valence-electron chi connectivity index (χ4n) is 4.77. The molecule has 0 N–H and O–H groups in total. The van der Waals surface area contributed by atoms with Gasteiger partial charge in [-0.3, -0.25) is 4.40 Å². The third-order valence-corrected chi connectivity index (χ3v) is 6.92. The SMILES string of the molecule is COCCOc1nc(C(C)Oc2cc(-c3nnn(C4CCN(C#N)CC4)c3C)cc3ncc(C#N)n23)ccc1F. The Hall–Kier alpha value is -4.75. The highest BCUT2D eigenvalue weighted by Gasteiger charge is 2.25. The van der Waals surface area contributed by atoms with Crippen molar-refractivity contribution in [3.05, 3.63) is 53.4 Å². The predicted octanol–water partition coefficient (Wildman–Crippen LogP) is 3.59. The summed E-state index contributed by atoms with van der Waals surface area (Å²) in [4.78, 5) is 10.4. The zero-order chi connectivity index (χ0) is 28.2. The van der Waals surface area contributed by atoms with Crippen LogP contribution in [-0.4, -0.2) is 67.7 Å². The van der Waals surface area contributed by atoms with Gasteiger partial charge in [-0.1, -0.05) is 5.21 Å². The summed E-state index contributed by atoms with van der Waals surface area (Å²) in [5, 5.41) is 27.7. The molecule has 0 amide bonds. The second-order valence-corrected chi connectivity index (χ2v) is 9.44. The van der Waals surface area contributed by atoms with E-state index in [9.17, 15) is 9.65 Å². The van der Waals surface area contributed by atoms with Crippen LogP contribution in [0, 0.1) is 35.5 Å². The summed E-state index contributed by atoms with van der Waals surface area (Å²) in [5.74, 6) is -0.384. The topological polar surface area (TPSA) is 139 Å². The minimum atomic E-state index is -0.625. The first-order chi connectivity index (χ1) is 19.4. The molecular weight excluding hydrogens is 517 g/mol. The van der Waals surface area contributed by atoms with Crippen LogP contribution < -0.4 is 9.47 Å². The van der Waals surface area contributed by atoms with Gasteiger partial charge in [0.15, 0.2) is 12.0 Å². The number of methoxy groups -OCH3 is 1. The molecule has 40 heavy (non-hydrogen) atoms. The van der Waals surface area contributed by atoms with Gasteiger partial charge in [-0.05, 0) is 44.9 Å². The van der Waals surface area contributed by atoms with Crippen molar-refractivity contribution in [1.82, 2.24) is 34.3 Å². The molecule has 12 nitrogen and oxygen atoms in total. The third-order valence-electron chi connectivity index (χ3n) is 6.92. The fourth-order valence-corrected chi connectivity index (χ4v) is 4.77. The average Bonchev–Trinajstić information content (AvgIpc) is 3.57. The van der Waals surface area contributed by atoms with E-state index in [1.807, 2.05) is 17.7 Å². The molecule has 1 fully saturated rings. The van der Waals surface area contributed by atoms with Crippen LogP contribution in [-0.2, 0) is 4.74 Å². The molecule has 0 radical (unpaired) electrons. The van der Waals surface area contributed by atoms with Gasteiger partial charge in [0, 0.05) is 31.8 Å². The number of pyridine rings is 2. The lowest BCUT2D eigenvalue weighted by atomic mass is 10.0. The Bertz CT molecular complexity index is 1600. The number of nitrogens with zero attached hydrogens (tertiary/aromatic N) is 9. The van der Waals surface area contributed by atoms with Crippen LogP contribution in [0.1, 0.15) is 49.0 Å². The predicted molar refractivity (Wildman–Crippen MR) is 140 cm³/mol. The average molecular weight is 546 g/mol. The Morgan fingerprint density at radius 3 is 2.70 bits per heavy atom. The number of rotatable bonds is 9. The summed E-state index contributed by atoms with van der Waals surface area (Å²) in [6, 6.07) is 8.70. The first-order valence-corrected chi connectivity index (χ1v) is 12.9. The molecule has 1 atom stereocenters. The number of ether oxygens (including phenoxy) is 3. The molecule has 0 saturated carbocycles. The molecule has 1 aliphatic heterocycles. The van der Waals surface area contributed by atoms with Crippen LogP contribution in [0.5, 0.6) is 11.8 Å². The number of halogens is 1. The monoisotopic (exact) mass is 545 g/mol. The second kappa shape index (κ2) is 11.6. The summed E-state index contributed by atoms with van der Waals surface area (Å²) < 4.78 is 34.4. The van der Waals surface area contributed by atoms with Crippen LogP contribution in [0.25, 0.3) is 16.9 Å². The lowest BCUT2D eigenvalue weighted by Crippen LogP contribution is -2.31. The zero-order valence-corrected chi connectivity index (χ0v) is 22.4. The first kappa shape index (κ1) is 26.8. The summed E-state index contributed by atoms with van der Waals surface area (Å²) in [6.07, 6.45) is 4.65. The minimum absolute atomic E-state index is 0.142. The summed E-state index contributed by atoms with van der Waals surface area (Å²) in [7, 11) is 1.53. The number of piperidine rings is 1. The molecule has 13 heteroatoms. The fraction of sp³-hybridized carbons (Fsp3) is 0.407. The van der Waals surface area contributed by atoms with Gasteiger partial charge in [0.25, 0.3) is 5.88 Å². The van der Waals surface area contributed by atoms with Crippen molar-refractivity contribution in [3.8, 4) is 35.3 Å². The maximum Gasteiger partial charge on any atom is 0.250 e. The third kappa shape index (κ3) is 5.24. The quantitative estimate of drug-likeness (QED) is 0.226. The van der Waals surface area contributed by atoms with Crippen molar-refractivity contribution >= 4 is 5.65 Å². The normalized spacial score (nSPS) is 14.6. The van der Waals surface area contributed by atoms with Crippen LogP contribution in [0.15, 0.2) is 30.5 Å². The lowest BCUT2D eigenvalue weighted by molar-refractivity contribution is 0.139. The molecule has 1 unspecified atom stereocenters. The Balaban J connectivity index is 1.47. The Morgan fingerprint density at radius 1 is 1.18 bits per heavy atom. The Morgan fingerprint density at radius 2 is 1.98 bits per heavy atom. The Kier molecular flexibility index (Phi) is 7.75. The van der Waals surface area contributed by atoms with E-state index < -0.39 is 11.9 Å². The van der Waals surface area contributed by atoms with E-state index in [4.69, 9.17) is 19.5 Å². The van der Waals surface area contributed by atoms with Gasteiger partial charge in [0.05, 0.1) is 30.2 Å². The highest BCUT2D eigenvalue weighted by molar-refractivity contribution is 5.68. The number of hydrogen-bond acceptors (Lipinski definition) is 10.